The molecular weight excluding hydrogens is 403 g/mol. The topological polar surface area (TPSA) is 84.0 Å². The van der Waals surface area contributed by atoms with E-state index in [0.29, 0.717) is 46.2 Å². The van der Waals surface area contributed by atoms with Crippen LogP contribution in [0.2, 0.25) is 10.0 Å². The summed E-state index contributed by atoms with van der Waals surface area (Å²) in [4.78, 5) is 16.3. The minimum absolute atomic E-state index is 0.233. The molecule has 2 aromatic carbocycles. The molecule has 0 unspecified atom stereocenters. The van der Waals surface area contributed by atoms with E-state index in [0.717, 1.165) is 5.69 Å². The lowest BCUT2D eigenvalue weighted by molar-refractivity contribution is 0.0954. The van der Waals surface area contributed by atoms with Crippen LogP contribution in [0.1, 0.15) is 10.4 Å². The van der Waals surface area contributed by atoms with Gasteiger partial charge in [-0.3, -0.25) is 9.79 Å². The third kappa shape index (κ3) is 5.94. The Hall–Kier alpha value is -2.64. The van der Waals surface area contributed by atoms with E-state index in [9.17, 15) is 4.79 Å². The van der Waals surface area contributed by atoms with Crippen LogP contribution in [0, 0.1) is 0 Å². The van der Waals surface area contributed by atoms with Crippen molar-refractivity contribution in [2.24, 2.45) is 4.99 Å². The Morgan fingerprint density at radius 2 is 1.68 bits per heavy atom. The zero-order valence-corrected chi connectivity index (χ0v) is 17.3. The van der Waals surface area contributed by atoms with Crippen LogP contribution in [-0.4, -0.2) is 46.2 Å². The number of guanidine groups is 1. The molecule has 2 aromatic rings. The summed E-state index contributed by atoms with van der Waals surface area (Å²) in [6.45, 7) is 0.867. The van der Waals surface area contributed by atoms with E-state index >= 15 is 0 Å². The fraction of sp³-hybridized carbons (Fsp3) is 0.263. The van der Waals surface area contributed by atoms with Crippen molar-refractivity contribution in [1.29, 1.82) is 0 Å². The average molecular weight is 425 g/mol. The number of aliphatic imine (C=N–C) groups is 1. The van der Waals surface area contributed by atoms with Gasteiger partial charge in [0.25, 0.3) is 5.91 Å². The first-order valence-electron chi connectivity index (χ1n) is 8.41. The highest BCUT2D eigenvalue weighted by Crippen LogP contribution is 2.29. The number of rotatable bonds is 7. The Labute approximate surface area is 174 Å². The van der Waals surface area contributed by atoms with E-state index in [-0.39, 0.29) is 5.91 Å². The lowest BCUT2D eigenvalue weighted by Crippen LogP contribution is -2.37. The Morgan fingerprint density at radius 1 is 0.964 bits per heavy atom. The standard InChI is InChI=1S/C19H22Cl2N4O3/c1-22-19(25-13-5-7-16(27-2)17(11-13)28-3)24-9-8-23-18(26)12-4-6-14(20)15(21)10-12/h4-7,10-11H,8-9H2,1-3H3,(H,23,26)(H2,22,24,25). The lowest BCUT2D eigenvalue weighted by Gasteiger charge is -2.14. The summed E-state index contributed by atoms with van der Waals surface area (Å²) in [5.41, 5.74) is 1.23. The number of halogens is 2. The Bertz CT molecular complexity index is 859. The Kier molecular flexibility index (Phi) is 8.22. The van der Waals surface area contributed by atoms with Crippen LogP contribution < -0.4 is 25.4 Å². The molecule has 7 nitrogen and oxygen atoms in total. The van der Waals surface area contributed by atoms with E-state index in [2.05, 4.69) is 20.9 Å². The second-order valence-corrected chi connectivity index (χ2v) is 6.39. The summed E-state index contributed by atoms with van der Waals surface area (Å²) >= 11 is 11.8. The number of hydrogen-bond acceptors (Lipinski definition) is 4. The molecule has 28 heavy (non-hydrogen) atoms. The SMILES string of the molecule is CN=C(NCCNC(=O)c1ccc(Cl)c(Cl)c1)Nc1ccc(OC)c(OC)c1. The molecule has 0 aliphatic heterocycles. The molecule has 0 saturated carbocycles. The zero-order chi connectivity index (χ0) is 20.5. The van der Waals surface area contributed by atoms with Gasteiger partial charge in [-0.15, -0.1) is 0 Å². The summed E-state index contributed by atoms with van der Waals surface area (Å²) in [7, 11) is 4.81. The second-order valence-electron chi connectivity index (χ2n) is 5.58. The van der Waals surface area contributed by atoms with Gasteiger partial charge in [0, 0.05) is 37.5 Å². The van der Waals surface area contributed by atoms with Gasteiger partial charge in [-0.25, -0.2) is 0 Å². The molecule has 0 spiro atoms. The quantitative estimate of drug-likeness (QED) is 0.360. The highest BCUT2D eigenvalue weighted by Gasteiger charge is 2.08. The Balaban J connectivity index is 1.84. The number of carbonyl (C=O) groups excluding carboxylic acids is 1. The molecule has 0 fully saturated rings. The number of amides is 1. The summed E-state index contributed by atoms with van der Waals surface area (Å²) in [5.74, 6) is 1.57. The van der Waals surface area contributed by atoms with Crippen molar-refractivity contribution in [3.63, 3.8) is 0 Å². The number of nitrogens with one attached hydrogen (secondary N) is 3. The number of ether oxygens (including phenoxy) is 2. The van der Waals surface area contributed by atoms with Gasteiger partial charge in [0.15, 0.2) is 17.5 Å². The van der Waals surface area contributed by atoms with Crippen LogP contribution in [0.5, 0.6) is 11.5 Å². The molecule has 0 heterocycles. The lowest BCUT2D eigenvalue weighted by atomic mass is 10.2. The van der Waals surface area contributed by atoms with Crippen molar-refractivity contribution >= 4 is 40.8 Å². The number of carbonyl (C=O) groups is 1. The van der Waals surface area contributed by atoms with Crippen molar-refractivity contribution in [3.8, 4) is 11.5 Å². The van der Waals surface area contributed by atoms with E-state index < -0.39 is 0 Å². The molecule has 1 amide bonds. The maximum absolute atomic E-state index is 12.1. The average Bonchev–Trinajstić information content (AvgIpc) is 2.71. The van der Waals surface area contributed by atoms with Gasteiger partial charge in [-0.1, -0.05) is 23.2 Å². The molecule has 0 aliphatic rings. The van der Waals surface area contributed by atoms with Gasteiger partial charge < -0.3 is 25.4 Å². The number of benzene rings is 2. The number of nitrogens with zero attached hydrogens (tertiary/aromatic N) is 1. The number of methoxy groups -OCH3 is 2. The van der Waals surface area contributed by atoms with Gasteiger partial charge in [0.2, 0.25) is 0 Å². The molecule has 9 heteroatoms. The maximum Gasteiger partial charge on any atom is 0.251 e. The summed E-state index contributed by atoms with van der Waals surface area (Å²) < 4.78 is 10.5. The number of anilines is 1. The fourth-order valence-corrected chi connectivity index (χ4v) is 2.62. The van der Waals surface area contributed by atoms with Gasteiger partial charge in [0.05, 0.1) is 24.3 Å². The van der Waals surface area contributed by atoms with Crippen molar-refractivity contribution in [2.75, 3.05) is 39.7 Å². The molecular formula is C19H22Cl2N4O3. The van der Waals surface area contributed by atoms with Gasteiger partial charge in [0.1, 0.15) is 0 Å². The summed E-state index contributed by atoms with van der Waals surface area (Å²) in [5, 5.41) is 9.81. The first-order valence-corrected chi connectivity index (χ1v) is 9.17. The predicted octanol–water partition coefficient (Wildman–Crippen LogP) is 3.43. The van der Waals surface area contributed by atoms with Gasteiger partial charge in [-0.05, 0) is 30.3 Å². The molecule has 3 N–H and O–H groups in total. The van der Waals surface area contributed by atoms with Gasteiger partial charge >= 0.3 is 0 Å². The van der Waals surface area contributed by atoms with Crippen molar-refractivity contribution < 1.29 is 14.3 Å². The van der Waals surface area contributed by atoms with Crippen LogP contribution in [0.15, 0.2) is 41.4 Å². The third-order valence-corrected chi connectivity index (χ3v) is 4.49. The summed E-state index contributed by atoms with van der Waals surface area (Å²) in [6, 6.07) is 10.2. The first kappa shape index (κ1) is 21.7. The van der Waals surface area contributed by atoms with Crippen molar-refractivity contribution in [3.05, 3.63) is 52.0 Å². The molecule has 150 valence electrons. The largest absolute Gasteiger partial charge is 0.493 e. The normalized spacial score (nSPS) is 11.0. The third-order valence-electron chi connectivity index (χ3n) is 3.75. The smallest absolute Gasteiger partial charge is 0.251 e. The molecule has 0 saturated heterocycles. The van der Waals surface area contributed by atoms with E-state index in [1.165, 1.54) is 6.07 Å². The molecule has 0 aromatic heterocycles. The van der Waals surface area contributed by atoms with Crippen LogP contribution in [0.4, 0.5) is 5.69 Å². The second kappa shape index (κ2) is 10.6. The van der Waals surface area contributed by atoms with E-state index in [4.69, 9.17) is 32.7 Å². The van der Waals surface area contributed by atoms with E-state index in [1.54, 1.807) is 45.5 Å². The number of hydrogen-bond donors (Lipinski definition) is 3. The van der Waals surface area contributed by atoms with Crippen molar-refractivity contribution in [1.82, 2.24) is 10.6 Å². The van der Waals surface area contributed by atoms with Crippen molar-refractivity contribution in [2.45, 2.75) is 0 Å². The van der Waals surface area contributed by atoms with Crippen LogP contribution in [-0.2, 0) is 0 Å². The van der Waals surface area contributed by atoms with Crippen LogP contribution in [0.3, 0.4) is 0 Å². The fourth-order valence-electron chi connectivity index (χ4n) is 2.33. The van der Waals surface area contributed by atoms with E-state index in [1.807, 2.05) is 6.07 Å². The van der Waals surface area contributed by atoms with Crippen LogP contribution in [0.25, 0.3) is 0 Å². The van der Waals surface area contributed by atoms with Crippen LogP contribution >= 0.6 is 23.2 Å². The molecule has 0 radical (unpaired) electrons. The molecule has 0 atom stereocenters. The Morgan fingerprint density at radius 3 is 2.32 bits per heavy atom. The maximum atomic E-state index is 12.1. The molecule has 0 aliphatic carbocycles. The molecule has 2 rings (SSSR count). The minimum Gasteiger partial charge on any atom is -0.493 e. The highest BCUT2D eigenvalue weighted by molar-refractivity contribution is 6.42. The minimum atomic E-state index is -0.233. The molecule has 0 bridgehead atoms. The monoisotopic (exact) mass is 424 g/mol. The first-order chi connectivity index (χ1) is 13.5. The highest BCUT2D eigenvalue weighted by atomic mass is 35.5. The van der Waals surface area contributed by atoms with Gasteiger partial charge in [-0.2, -0.15) is 0 Å². The zero-order valence-electron chi connectivity index (χ0n) is 15.8. The summed E-state index contributed by atoms with van der Waals surface area (Å²) in [6.07, 6.45) is 0. The predicted molar refractivity (Wildman–Crippen MR) is 113 cm³/mol.